The summed E-state index contributed by atoms with van der Waals surface area (Å²) >= 11 is 0. The summed E-state index contributed by atoms with van der Waals surface area (Å²) in [6.07, 6.45) is 4.48. The van der Waals surface area contributed by atoms with Crippen LogP contribution in [0, 0.1) is 23.7 Å². The van der Waals surface area contributed by atoms with Crippen molar-refractivity contribution in [3.05, 3.63) is 119 Å². The first-order valence-electron chi connectivity index (χ1n) is 25.0. The monoisotopic (exact) mass is 956 g/mol. The average molecular weight is 957 g/mol. The number of alkyl carbamates (subject to hydrolysis) is 2. The maximum atomic E-state index is 14.6. The maximum Gasteiger partial charge on any atom is 0.407 e. The molecule has 2 saturated heterocycles. The van der Waals surface area contributed by atoms with Gasteiger partial charge in [-0.15, -0.1) is 0 Å². The van der Waals surface area contributed by atoms with Crippen LogP contribution in [0.5, 0.6) is 0 Å². The fraction of sp³-hybridized carbons (Fsp3) is 0.393. The molecule has 366 valence electrons. The second-order valence-corrected chi connectivity index (χ2v) is 20.0. The molecule has 7 aromatic rings. The topological polar surface area (TPSA) is 184 Å². The second-order valence-electron chi connectivity index (χ2n) is 20.0. The van der Waals surface area contributed by atoms with Crippen LogP contribution in [0.4, 0.5) is 9.59 Å². The summed E-state index contributed by atoms with van der Waals surface area (Å²) in [6, 6.07) is 28.1. The lowest BCUT2D eigenvalue weighted by molar-refractivity contribution is -0.135. The Hall–Kier alpha value is -7.26. The van der Waals surface area contributed by atoms with Gasteiger partial charge in [0.25, 0.3) is 5.91 Å². The number of amides is 4. The summed E-state index contributed by atoms with van der Waals surface area (Å²) in [5, 5.41) is 9.67. The van der Waals surface area contributed by atoms with E-state index in [1.165, 1.54) is 39.1 Å². The zero-order valence-corrected chi connectivity index (χ0v) is 40.8. The summed E-state index contributed by atoms with van der Waals surface area (Å²) in [5.74, 6) is 1.88. The van der Waals surface area contributed by atoms with E-state index >= 15 is 0 Å². The molecular weight excluding hydrogens is 897 g/mol. The van der Waals surface area contributed by atoms with Crippen LogP contribution >= 0.6 is 0 Å². The number of allylic oxidation sites excluding steroid dienone is 2. The minimum Gasteiger partial charge on any atom is -0.453 e. The average Bonchev–Trinajstić information content (AvgIpc) is 3.99. The number of aromatic amines is 2. The van der Waals surface area contributed by atoms with Gasteiger partial charge in [0.2, 0.25) is 5.91 Å². The highest BCUT2D eigenvalue weighted by atomic mass is 16.5. The third-order valence-corrected chi connectivity index (χ3v) is 15.7. The molecule has 4 N–H and O–H groups in total. The molecule has 0 spiro atoms. The Labute approximate surface area is 411 Å². The van der Waals surface area contributed by atoms with Crippen molar-refractivity contribution in [1.29, 1.82) is 0 Å². The number of imidazole rings is 2. The van der Waals surface area contributed by atoms with Crippen molar-refractivity contribution in [3.8, 4) is 11.1 Å². The number of rotatable bonds is 14. The number of carbonyl (C=O) groups excluding carboxylic acids is 4. The van der Waals surface area contributed by atoms with E-state index in [1.54, 1.807) is 0 Å². The van der Waals surface area contributed by atoms with Crippen molar-refractivity contribution in [2.24, 2.45) is 23.7 Å². The van der Waals surface area contributed by atoms with Gasteiger partial charge in [-0.3, -0.25) is 9.59 Å². The molecule has 7 atom stereocenters. The highest BCUT2D eigenvalue weighted by Crippen LogP contribution is 2.57. The molecule has 3 fully saturated rings. The number of nitrogens with one attached hydrogen (secondary N) is 4. The molecule has 15 nitrogen and oxygen atoms in total. The predicted octanol–water partition coefficient (Wildman–Crippen LogP) is 10.2. The predicted molar refractivity (Wildman–Crippen MR) is 271 cm³/mol. The largest absolute Gasteiger partial charge is 0.453 e. The summed E-state index contributed by atoms with van der Waals surface area (Å²) in [6.45, 7) is 7.80. The van der Waals surface area contributed by atoms with Crippen molar-refractivity contribution >= 4 is 67.6 Å². The number of hydrogen-bond donors (Lipinski definition) is 4. The Morgan fingerprint density at radius 1 is 0.732 bits per heavy atom. The second kappa shape index (κ2) is 18.8. The van der Waals surface area contributed by atoms with Gasteiger partial charge in [-0.05, 0) is 102 Å². The summed E-state index contributed by atoms with van der Waals surface area (Å²) < 4.78 is 16.1. The number of nitrogens with zero attached hydrogens (tertiary/aromatic N) is 4. The molecular formula is C56H60N8O7. The van der Waals surface area contributed by atoms with Gasteiger partial charge < -0.3 is 44.6 Å². The number of likely N-dealkylation sites (tertiary alicyclic amines) is 2. The minimum atomic E-state index is -0.943. The Kier molecular flexibility index (Phi) is 12.2. The van der Waals surface area contributed by atoms with Crippen molar-refractivity contribution in [1.82, 2.24) is 40.4 Å². The van der Waals surface area contributed by atoms with Gasteiger partial charge in [-0.2, -0.15) is 0 Å². The molecule has 11 rings (SSSR count). The lowest BCUT2D eigenvalue weighted by atomic mass is 9.86. The highest BCUT2D eigenvalue weighted by molar-refractivity contribution is 6.08. The molecule has 4 heterocycles. The van der Waals surface area contributed by atoms with E-state index in [2.05, 4.69) is 88.2 Å². The van der Waals surface area contributed by atoms with Gasteiger partial charge in [0.1, 0.15) is 23.7 Å². The fourth-order valence-electron chi connectivity index (χ4n) is 11.2. The summed E-state index contributed by atoms with van der Waals surface area (Å²) in [5.41, 5.74) is 8.45. The van der Waals surface area contributed by atoms with E-state index in [4.69, 9.17) is 24.2 Å². The van der Waals surface area contributed by atoms with Crippen LogP contribution in [0.1, 0.15) is 94.6 Å². The lowest BCUT2D eigenvalue weighted by Crippen LogP contribution is -2.51. The molecule has 2 aliphatic carbocycles. The zero-order valence-electron chi connectivity index (χ0n) is 40.8. The Morgan fingerprint density at radius 2 is 1.34 bits per heavy atom. The van der Waals surface area contributed by atoms with E-state index in [9.17, 15) is 19.2 Å². The molecule has 2 aromatic heterocycles. The number of benzene rings is 5. The lowest BCUT2D eigenvalue weighted by Gasteiger charge is -2.31. The normalized spacial score (nSPS) is 21.1. The van der Waals surface area contributed by atoms with Crippen molar-refractivity contribution < 1.29 is 33.4 Å². The molecule has 71 heavy (non-hydrogen) atoms. The van der Waals surface area contributed by atoms with Crippen LogP contribution in [0.25, 0.3) is 54.7 Å². The third-order valence-electron chi connectivity index (χ3n) is 15.7. The van der Waals surface area contributed by atoms with E-state index in [0.717, 1.165) is 79.3 Å². The molecule has 0 bridgehead atoms. The third kappa shape index (κ3) is 8.53. The van der Waals surface area contributed by atoms with Crippen LogP contribution in [-0.4, -0.2) is 93.8 Å². The van der Waals surface area contributed by atoms with Crippen LogP contribution in [0.15, 0.2) is 102 Å². The van der Waals surface area contributed by atoms with Crippen molar-refractivity contribution in [3.63, 3.8) is 0 Å². The molecule has 2 aliphatic heterocycles. The standard InChI is InChI=1S/C56H60N8O7/c1-6-30(2)46(61-55(67)69-4)54(66)64-45(26-41-31(3)50(41)64)52-58-43-22-18-38-25-36(16-20-40(38)49(43)60-52)35-15-19-39-37(24-35)17-21-42-48(39)59-51(57-42)44-23-33(29-71-28-32-11-10-12-32)27-63(44)53(65)47(62-56(68)70-5)34-13-8-7-9-14-34/h7-9,13-22,24-25,30,32-33,41,44-47H,6,10-12,23,26-29H2,1-5H3,(H,57,59)(H,58,60)(H,61,67)(H,62,68)/t30-,33-,41-,44-,45-,46-,47+/m0/s1. The van der Waals surface area contributed by atoms with Crippen LogP contribution in [0.3, 0.4) is 0 Å². The number of fused-ring (bicyclic) bond motifs is 7. The van der Waals surface area contributed by atoms with E-state index in [-0.39, 0.29) is 41.7 Å². The van der Waals surface area contributed by atoms with Gasteiger partial charge in [-0.25, -0.2) is 19.6 Å². The maximum absolute atomic E-state index is 14.6. The Balaban J connectivity index is 0.868. The minimum absolute atomic E-state index is 0.0888. The van der Waals surface area contributed by atoms with Gasteiger partial charge in [0.05, 0.1) is 55.0 Å². The van der Waals surface area contributed by atoms with Crippen molar-refractivity contribution in [2.75, 3.05) is 34.0 Å². The smallest absolute Gasteiger partial charge is 0.407 e. The quantitative estimate of drug-likeness (QED) is 0.0824. The van der Waals surface area contributed by atoms with E-state index in [0.29, 0.717) is 43.3 Å². The van der Waals surface area contributed by atoms with Gasteiger partial charge in [0.15, 0.2) is 0 Å². The number of H-pyrrole nitrogens is 2. The van der Waals surface area contributed by atoms with Crippen LogP contribution in [0.2, 0.25) is 0 Å². The van der Waals surface area contributed by atoms with Crippen LogP contribution in [-0.2, 0) is 23.8 Å². The van der Waals surface area contributed by atoms with E-state index < -0.39 is 24.3 Å². The molecule has 1 saturated carbocycles. The SMILES string of the molecule is CC[C@H](C)[C@H](NC(=O)OC)C(=O)N1C2=C(C)[C@@H]2C[C@H]1c1nc2c(ccc3cc(-c4ccc5c(ccc6[nH]c([C@@H]7C[C@H](COCC8CCC8)CN7C(=O)[C@H](NC(=O)OC)c7ccccc7)nc65)c4)ccc32)[nH]1. The number of hydrogen-bond acceptors (Lipinski definition) is 9. The molecule has 5 aromatic carbocycles. The molecule has 0 unspecified atom stereocenters. The first-order valence-corrected chi connectivity index (χ1v) is 25.0. The van der Waals surface area contributed by atoms with Gasteiger partial charge in [0, 0.05) is 41.5 Å². The highest BCUT2D eigenvalue weighted by Gasteiger charge is 2.53. The first-order chi connectivity index (χ1) is 34.5. The number of aromatic nitrogens is 4. The van der Waals surface area contributed by atoms with Crippen LogP contribution < -0.4 is 10.6 Å². The van der Waals surface area contributed by atoms with E-state index in [1.807, 2.05) is 54.0 Å². The molecule has 0 radical (unpaired) electrons. The fourth-order valence-corrected chi connectivity index (χ4v) is 11.2. The van der Waals surface area contributed by atoms with Gasteiger partial charge in [-0.1, -0.05) is 93.4 Å². The first kappa shape index (κ1) is 46.1. The van der Waals surface area contributed by atoms with Crippen molar-refractivity contribution in [2.45, 2.75) is 83.5 Å². The molecule has 15 heteroatoms. The Bertz CT molecular complexity index is 3250. The number of ether oxygens (including phenoxy) is 3. The Morgan fingerprint density at radius 3 is 1.93 bits per heavy atom. The summed E-state index contributed by atoms with van der Waals surface area (Å²) in [4.78, 5) is 75.2. The number of methoxy groups -OCH3 is 2. The molecule has 4 amide bonds. The molecule has 4 aliphatic rings. The zero-order chi connectivity index (χ0) is 49.1. The van der Waals surface area contributed by atoms with Gasteiger partial charge >= 0.3 is 12.2 Å². The number of carbonyl (C=O) groups is 4. The summed E-state index contributed by atoms with van der Waals surface area (Å²) in [7, 11) is 2.61.